The second-order valence-electron chi connectivity index (χ2n) is 3.77. The number of nitrogens with zero attached hydrogens (tertiary/aromatic N) is 1. The van der Waals surface area contributed by atoms with E-state index in [2.05, 4.69) is 11.8 Å². The van der Waals surface area contributed by atoms with Gasteiger partial charge in [-0.15, -0.1) is 0 Å². The zero-order valence-electron chi connectivity index (χ0n) is 9.66. The summed E-state index contributed by atoms with van der Waals surface area (Å²) >= 11 is 11.1. The summed E-state index contributed by atoms with van der Waals surface area (Å²) in [5, 5.41) is 0.619. The van der Waals surface area contributed by atoms with Crippen molar-refractivity contribution in [3.05, 3.63) is 28.8 Å². The predicted molar refractivity (Wildman–Crippen MR) is 75.5 cm³/mol. The Hall–Kier alpha value is -0.800. The van der Waals surface area contributed by atoms with E-state index in [4.69, 9.17) is 29.6 Å². The molecule has 1 aromatic rings. The Kier molecular flexibility index (Phi) is 5.03. The van der Waals surface area contributed by atoms with Crippen LogP contribution in [0.5, 0.6) is 0 Å². The molecule has 1 rings (SSSR count). The van der Waals surface area contributed by atoms with Gasteiger partial charge in [0, 0.05) is 19.3 Å². The first-order valence-electron chi connectivity index (χ1n) is 5.37. The monoisotopic (exact) mass is 256 g/mol. The van der Waals surface area contributed by atoms with Crippen LogP contribution in [0.2, 0.25) is 5.02 Å². The van der Waals surface area contributed by atoms with E-state index in [1.165, 1.54) is 0 Å². The molecule has 0 heterocycles. The fourth-order valence-electron chi connectivity index (χ4n) is 1.59. The van der Waals surface area contributed by atoms with Gasteiger partial charge in [0.2, 0.25) is 0 Å². The quantitative estimate of drug-likeness (QED) is 0.821. The number of halogens is 1. The molecule has 0 aliphatic heterocycles. The van der Waals surface area contributed by atoms with Crippen molar-refractivity contribution in [3.63, 3.8) is 0 Å². The van der Waals surface area contributed by atoms with Gasteiger partial charge in [-0.1, -0.05) is 43.2 Å². The van der Waals surface area contributed by atoms with Crippen molar-refractivity contribution in [1.29, 1.82) is 0 Å². The van der Waals surface area contributed by atoms with Gasteiger partial charge >= 0.3 is 0 Å². The van der Waals surface area contributed by atoms with Crippen LogP contribution >= 0.6 is 23.8 Å². The molecular weight excluding hydrogens is 240 g/mol. The number of thiocarbonyl (C=S) groups is 1. The van der Waals surface area contributed by atoms with Gasteiger partial charge in [-0.3, -0.25) is 0 Å². The largest absolute Gasteiger partial charge is 0.389 e. The molecule has 0 aromatic heterocycles. The summed E-state index contributed by atoms with van der Waals surface area (Å²) in [6.07, 6.45) is 2.30. The highest BCUT2D eigenvalue weighted by Crippen LogP contribution is 2.26. The first-order valence-corrected chi connectivity index (χ1v) is 6.16. The van der Waals surface area contributed by atoms with E-state index in [1.807, 2.05) is 25.2 Å². The average molecular weight is 257 g/mol. The summed E-state index contributed by atoms with van der Waals surface area (Å²) in [6.45, 7) is 3.15. The van der Waals surface area contributed by atoms with Crippen LogP contribution in [0.4, 0.5) is 5.69 Å². The lowest BCUT2D eigenvalue weighted by molar-refractivity contribution is 0.766. The topological polar surface area (TPSA) is 29.3 Å². The Morgan fingerprint density at radius 1 is 1.50 bits per heavy atom. The predicted octanol–water partition coefficient (Wildman–Crippen LogP) is 3.21. The van der Waals surface area contributed by atoms with Crippen LogP contribution in [0, 0.1) is 0 Å². The molecular formula is C12H17ClN2S. The van der Waals surface area contributed by atoms with E-state index < -0.39 is 0 Å². The van der Waals surface area contributed by atoms with Gasteiger partial charge in [0.1, 0.15) is 4.99 Å². The minimum absolute atomic E-state index is 0.351. The number of benzene rings is 1. The lowest BCUT2D eigenvalue weighted by Gasteiger charge is -2.22. The minimum Gasteiger partial charge on any atom is -0.389 e. The van der Waals surface area contributed by atoms with E-state index in [0.29, 0.717) is 10.0 Å². The number of anilines is 1. The SMILES string of the molecule is CCCCN(C)c1cccc(Cl)c1C(N)=S. The average Bonchev–Trinajstić information content (AvgIpc) is 2.24. The van der Waals surface area contributed by atoms with Crippen molar-refractivity contribution in [1.82, 2.24) is 0 Å². The van der Waals surface area contributed by atoms with E-state index in [-0.39, 0.29) is 0 Å². The minimum atomic E-state index is 0.351. The fraction of sp³-hybridized carbons (Fsp3) is 0.417. The summed E-state index contributed by atoms with van der Waals surface area (Å²) in [6, 6.07) is 5.73. The molecule has 0 aliphatic carbocycles. The van der Waals surface area contributed by atoms with Gasteiger partial charge in [-0.25, -0.2) is 0 Å². The second-order valence-corrected chi connectivity index (χ2v) is 4.62. The molecule has 0 saturated carbocycles. The third-order valence-corrected chi connectivity index (χ3v) is 3.02. The first-order chi connectivity index (χ1) is 7.57. The molecule has 0 unspecified atom stereocenters. The Morgan fingerprint density at radius 3 is 2.75 bits per heavy atom. The van der Waals surface area contributed by atoms with Crippen LogP contribution in [0.15, 0.2) is 18.2 Å². The highest BCUT2D eigenvalue weighted by molar-refractivity contribution is 7.80. The van der Waals surface area contributed by atoms with Gasteiger partial charge in [-0.05, 0) is 18.6 Å². The fourth-order valence-corrected chi connectivity index (χ4v) is 2.13. The maximum atomic E-state index is 6.11. The van der Waals surface area contributed by atoms with Crippen LogP contribution in [-0.4, -0.2) is 18.6 Å². The highest BCUT2D eigenvalue weighted by atomic mass is 35.5. The van der Waals surface area contributed by atoms with Gasteiger partial charge < -0.3 is 10.6 Å². The molecule has 0 amide bonds. The third-order valence-electron chi connectivity index (χ3n) is 2.50. The van der Waals surface area contributed by atoms with Crippen molar-refractivity contribution in [2.24, 2.45) is 5.73 Å². The molecule has 0 fully saturated rings. The number of nitrogens with two attached hydrogens (primary N) is 1. The first kappa shape index (κ1) is 13.3. The second kappa shape index (κ2) is 6.06. The molecule has 16 heavy (non-hydrogen) atoms. The molecule has 0 radical (unpaired) electrons. The lowest BCUT2D eigenvalue weighted by Crippen LogP contribution is -2.23. The molecule has 88 valence electrons. The van der Waals surface area contributed by atoms with Gasteiger partial charge in [-0.2, -0.15) is 0 Å². The van der Waals surface area contributed by atoms with Crippen LogP contribution in [0.25, 0.3) is 0 Å². The number of unbranched alkanes of at least 4 members (excludes halogenated alkanes) is 1. The molecule has 0 aliphatic rings. The molecule has 0 bridgehead atoms. The van der Waals surface area contributed by atoms with Gasteiger partial charge in [0.25, 0.3) is 0 Å². The summed E-state index contributed by atoms with van der Waals surface area (Å²) in [5.41, 5.74) is 7.49. The molecule has 1 aromatic carbocycles. The maximum absolute atomic E-state index is 6.11. The van der Waals surface area contributed by atoms with E-state index in [1.54, 1.807) is 0 Å². The highest BCUT2D eigenvalue weighted by Gasteiger charge is 2.12. The van der Waals surface area contributed by atoms with E-state index in [0.717, 1.165) is 30.6 Å². The molecule has 0 saturated heterocycles. The maximum Gasteiger partial charge on any atom is 0.107 e. The normalized spacial score (nSPS) is 10.2. The molecule has 2 N–H and O–H groups in total. The zero-order chi connectivity index (χ0) is 12.1. The standard InChI is InChI=1S/C12H17ClN2S/c1-3-4-8-15(2)10-7-5-6-9(13)11(10)12(14)16/h5-7H,3-4,8H2,1-2H3,(H2,14,16). The Bertz CT molecular complexity index is 379. The summed E-state index contributed by atoms with van der Waals surface area (Å²) in [5.74, 6) is 0. The molecule has 0 spiro atoms. The molecule has 2 nitrogen and oxygen atoms in total. The van der Waals surface area contributed by atoms with Crippen molar-refractivity contribution in [2.45, 2.75) is 19.8 Å². The summed E-state index contributed by atoms with van der Waals surface area (Å²) in [4.78, 5) is 2.49. The number of hydrogen-bond acceptors (Lipinski definition) is 2. The van der Waals surface area contributed by atoms with E-state index in [9.17, 15) is 0 Å². The van der Waals surface area contributed by atoms with Crippen molar-refractivity contribution >= 4 is 34.5 Å². The van der Waals surface area contributed by atoms with Crippen LogP contribution < -0.4 is 10.6 Å². The van der Waals surface area contributed by atoms with E-state index >= 15 is 0 Å². The van der Waals surface area contributed by atoms with Gasteiger partial charge in [0.05, 0.1) is 10.6 Å². The third kappa shape index (κ3) is 3.09. The smallest absolute Gasteiger partial charge is 0.107 e. The Labute approximate surface area is 107 Å². The Balaban J connectivity index is 3.02. The summed E-state index contributed by atoms with van der Waals surface area (Å²) < 4.78 is 0. The van der Waals surface area contributed by atoms with Crippen LogP contribution in [-0.2, 0) is 0 Å². The summed E-state index contributed by atoms with van der Waals surface area (Å²) in [7, 11) is 2.03. The van der Waals surface area contributed by atoms with Crippen molar-refractivity contribution in [2.75, 3.05) is 18.5 Å². The van der Waals surface area contributed by atoms with Crippen molar-refractivity contribution < 1.29 is 0 Å². The van der Waals surface area contributed by atoms with Crippen LogP contribution in [0.3, 0.4) is 0 Å². The molecule has 4 heteroatoms. The van der Waals surface area contributed by atoms with Gasteiger partial charge in [0.15, 0.2) is 0 Å². The molecule has 0 atom stereocenters. The lowest BCUT2D eigenvalue weighted by atomic mass is 10.1. The Morgan fingerprint density at radius 2 is 2.19 bits per heavy atom. The van der Waals surface area contributed by atoms with Crippen molar-refractivity contribution in [3.8, 4) is 0 Å². The van der Waals surface area contributed by atoms with Crippen LogP contribution in [0.1, 0.15) is 25.3 Å². The number of rotatable bonds is 5. The number of hydrogen-bond donors (Lipinski definition) is 1. The zero-order valence-corrected chi connectivity index (χ0v) is 11.2.